The average molecular weight is 534 g/mol. The number of hydrogen-bond acceptors (Lipinski definition) is 5. The molecule has 0 bridgehead atoms. The number of carbonyl (C=O) groups is 2. The molecule has 2 aliphatic rings. The average Bonchev–Trinajstić information content (AvgIpc) is 3.17. The third kappa shape index (κ3) is 6.49. The van der Waals surface area contributed by atoms with Crippen LogP contribution in [0.4, 0.5) is 0 Å². The fraction of sp³-hybridized carbons (Fsp3) is 0.484. The minimum Gasteiger partial charge on any atom is -0.496 e. The predicted molar refractivity (Wildman–Crippen MR) is 156 cm³/mol. The largest absolute Gasteiger partial charge is 0.496 e. The number of rotatable bonds is 8. The van der Waals surface area contributed by atoms with Gasteiger partial charge in [-0.15, -0.1) is 0 Å². The summed E-state index contributed by atoms with van der Waals surface area (Å²) in [5.74, 6) is 0.971. The van der Waals surface area contributed by atoms with E-state index in [9.17, 15) is 9.59 Å². The molecule has 1 fully saturated rings. The van der Waals surface area contributed by atoms with Crippen LogP contribution in [0.15, 0.2) is 48.2 Å². The van der Waals surface area contributed by atoms with Crippen molar-refractivity contribution >= 4 is 23.5 Å². The first-order valence-corrected chi connectivity index (χ1v) is 13.5. The molecule has 2 heterocycles. The van der Waals surface area contributed by atoms with Crippen molar-refractivity contribution in [2.24, 2.45) is 5.41 Å². The molecule has 3 rings (SSSR count). The third-order valence-electron chi connectivity index (χ3n) is 7.86. The fourth-order valence-corrected chi connectivity index (χ4v) is 4.96. The second kappa shape index (κ2) is 11.6. The smallest absolute Gasteiger partial charge is 0.259 e. The van der Waals surface area contributed by atoms with Gasteiger partial charge in [-0.2, -0.15) is 0 Å². The normalized spacial score (nSPS) is 17.3. The Hall–Kier alpha value is -3.68. The molecule has 0 saturated carbocycles. The maximum Gasteiger partial charge on any atom is 0.259 e. The van der Waals surface area contributed by atoms with Gasteiger partial charge in [0.15, 0.2) is 0 Å². The number of amidine groups is 2. The molecule has 1 saturated heterocycles. The summed E-state index contributed by atoms with van der Waals surface area (Å²) in [6.45, 7) is 16.9. The quantitative estimate of drug-likeness (QED) is 0.230. The van der Waals surface area contributed by atoms with Crippen LogP contribution in [0.25, 0.3) is 0 Å². The Balaban J connectivity index is 1.71. The second-order valence-corrected chi connectivity index (χ2v) is 11.7. The minimum absolute atomic E-state index is 0.128. The lowest BCUT2D eigenvalue weighted by atomic mass is 9.87. The molecular formula is C31H43N5O3. The topological polar surface area (TPSA) is 110 Å². The van der Waals surface area contributed by atoms with Crippen molar-refractivity contribution in [3.63, 3.8) is 0 Å². The molecule has 0 atom stereocenters. The van der Waals surface area contributed by atoms with E-state index in [0.717, 1.165) is 30.4 Å². The Morgan fingerprint density at radius 1 is 1.23 bits per heavy atom. The van der Waals surface area contributed by atoms with E-state index in [1.165, 1.54) is 0 Å². The molecule has 3 N–H and O–H groups in total. The summed E-state index contributed by atoms with van der Waals surface area (Å²) in [7, 11) is 1.55. The molecule has 2 amide bonds. The summed E-state index contributed by atoms with van der Waals surface area (Å²) < 4.78 is 5.54. The minimum atomic E-state index is -0.421. The van der Waals surface area contributed by atoms with Gasteiger partial charge in [0.1, 0.15) is 17.4 Å². The van der Waals surface area contributed by atoms with Crippen molar-refractivity contribution in [1.29, 1.82) is 10.8 Å². The van der Waals surface area contributed by atoms with Crippen LogP contribution < -0.4 is 10.1 Å². The van der Waals surface area contributed by atoms with Gasteiger partial charge in [-0.3, -0.25) is 20.4 Å². The van der Waals surface area contributed by atoms with Crippen LogP contribution in [0.2, 0.25) is 0 Å². The lowest BCUT2D eigenvalue weighted by molar-refractivity contribution is -0.141. The Kier molecular flexibility index (Phi) is 8.88. The van der Waals surface area contributed by atoms with Crippen LogP contribution in [0.1, 0.15) is 82.3 Å². The van der Waals surface area contributed by atoms with Crippen molar-refractivity contribution in [2.45, 2.75) is 79.3 Å². The summed E-state index contributed by atoms with van der Waals surface area (Å²) in [4.78, 5) is 29.8. The molecule has 0 radical (unpaired) electrons. The van der Waals surface area contributed by atoms with Crippen molar-refractivity contribution < 1.29 is 14.3 Å². The zero-order chi connectivity index (χ0) is 29.1. The van der Waals surface area contributed by atoms with Crippen LogP contribution in [-0.2, 0) is 17.8 Å². The highest BCUT2D eigenvalue weighted by molar-refractivity contribution is 6.09. The van der Waals surface area contributed by atoms with Crippen molar-refractivity contribution in [3.8, 4) is 5.75 Å². The predicted octanol–water partition coefficient (Wildman–Crippen LogP) is 5.59. The van der Waals surface area contributed by atoms with Gasteiger partial charge >= 0.3 is 0 Å². The number of carbonyl (C=O) groups excluding carboxylic acids is 2. The lowest BCUT2D eigenvalue weighted by Crippen LogP contribution is -2.44. The third-order valence-corrected chi connectivity index (χ3v) is 7.86. The molecule has 2 aliphatic heterocycles. The highest BCUT2D eigenvalue weighted by atomic mass is 16.5. The van der Waals surface area contributed by atoms with E-state index >= 15 is 0 Å². The lowest BCUT2D eigenvalue weighted by Gasteiger charge is -2.35. The number of fused-ring (bicyclic) bond motifs is 1. The van der Waals surface area contributed by atoms with Crippen LogP contribution in [0.5, 0.6) is 5.75 Å². The second-order valence-electron chi connectivity index (χ2n) is 11.7. The number of nitrogens with one attached hydrogen (secondary N) is 3. The standard InChI is InChI=1S/C31H43N5O3/c1-9-30(4,5)29(38)35-16-14-22-18-25(39-8)24(17-23(22)19-35)28(37)34-21(3)12-10-11-20(2)27(33)36-26(32)13-15-31(36,6)7/h10-12,17-18,32-33H,2,9,13-16,19H2,1,3-8H3,(H,34,37)/b11-10-,21-12+,32-26?,33-27?. The molecule has 210 valence electrons. The van der Waals surface area contributed by atoms with Gasteiger partial charge < -0.3 is 19.9 Å². The van der Waals surface area contributed by atoms with Crippen LogP contribution in [-0.4, -0.2) is 52.5 Å². The van der Waals surface area contributed by atoms with E-state index in [2.05, 4.69) is 11.9 Å². The number of amides is 2. The summed E-state index contributed by atoms with van der Waals surface area (Å²) in [5, 5.41) is 19.6. The van der Waals surface area contributed by atoms with Crippen LogP contribution in [0.3, 0.4) is 0 Å². The summed E-state index contributed by atoms with van der Waals surface area (Å²) in [6, 6.07) is 3.74. The number of hydrogen-bond donors (Lipinski definition) is 3. The molecular weight excluding hydrogens is 490 g/mol. The van der Waals surface area contributed by atoms with Crippen molar-refractivity contribution in [2.75, 3.05) is 13.7 Å². The zero-order valence-corrected chi connectivity index (χ0v) is 24.5. The SMILES string of the molecule is C=C(/C=C\C=C(/C)NC(=O)c1cc2c(cc1OC)CCN(C(=O)C(C)(C)CC)C2)C(=N)N1C(=N)CCC1(C)C. The molecule has 0 aromatic heterocycles. The van der Waals surface area contributed by atoms with Gasteiger partial charge in [0, 0.05) is 41.7 Å². The van der Waals surface area contributed by atoms with Crippen molar-refractivity contribution in [1.82, 2.24) is 15.1 Å². The highest BCUT2D eigenvalue weighted by Gasteiger charge is 2.38. The number of allylic oxidation sites excluding steroid dienone is 3. The van der Waals surface area contributed by atoms with Crippen LogP contribution in [0, 0.1) is 16.2 Å². The Labute approximate surface area is 232 Å². The van der Waals surface area contributed by atoms with E-state index in [0.29, 0.717) is 47.9 Å². The van der Waals surface area contributed by atoms with Gasteiger partial charge in [-0.05, 0) is 69.4 Å². The van der Waals surface area contributed by atoms with E-state index in [1.807, 2.05) is 51.7 Å². The van der Waals surface area contributed by atoms with Gasteiger partial charge in [0.25, 0.3) is 5.91 Å². The molecule has 1 aromatic carbocycles. The zero-order valence-electron chi connectivity index (χ0n) is 24.5. The Bertz CT molecular complexity index is 1250. The number of benzene rings is 1. The fourth-order valence-electron chi connectivity index (χ4n) is 4.96. The number of methoxy groups -OCH3 is 1. The van der Waals surface area contributed by atoms with Gasteiger partial charge in [0.05, 0.1) is 12.7 Å². The first-order valence-electron chi connectivity index (χ1n) is 13.5. The summed E-state index contributed by atoms with van der Waals surface area (Å²) in [5.41, 5.74) is 2.87. The molecule has 1 aromatic rings. The Morgan fingerprint density at radius 3 is 2.51 bits per heavy atom. The number of ether oxygens (including phenoxy) is 1. The first-order chi connectivity index (χ1) is 18.2. The molecule has 0 spiro atoms. The summed E-state index contributed by atoms with van der Waals surface area (Å²) in [6.07, 6.45) is 8.15. The van der Waals surface area contributed by atoms with Crippen molar-refractivity contribution in [3.05, 3.63) is 64.9 Å². The molecule has 8 nitrogen and oxygen atoms in total. The maximum absolute atomic E-state index is 13.2. The molecule has 39 heavy (non-hydrogen) atoms. The number of nitrogens with zero attached hydrogens (tertiary/aromatic N) is 2. The van der Waals surface area contributed by atoms with Gasteiger partial charge in [-0.1, -0.05) is 39.5 Å². The molecule has 0 aliphatic carbocycles. The van der Waals surface area contributed by atoms with E-state index < -0.39 is 5.41 Å². The highest BCUT2D eigenvalue weighted by Crippen LogP contribution is 2.32. The summed E-state index contributed by atoms with van der Waals surface area (Å²) >= 11 is 0. The molecule has 0 unspecified atom stereocenters. The van der Waals surface area contributed by atoms with E-state index in [-0.39, 0.29) is 23.2 Å². The van der Waals surface area contributed by atoms with Gasteiger partial charge in [0.2, 0.25) is 5.91 Å². The monoisotopic (exact) mass is 533 g/mol. The maximum atomic E-state index is 13.2. The van der Waals surface area contributed by atoms with E-state index in [4.69, 9.17) is 15.6 Å². The van der Waals surface area contributed by atoms with Gasteiger partial charge in [-0.25, -0.2) is 0 Å². The Morgan fingerprint density at radius 2 is 1.92 bits per heavy atom. The van der Waals surface area contributed by atoms with Crippen LogP contribution >= 0.6 is 0 Å². The number of likely N-dealkylation sites (tertiary alicyclic amines) is 1. The molecule has 8 heteroatoms. The van der Waals surface area contributed by atoms with E-state index in [1.54, 1.807) is 37.2 Å². The first kappa shape index (κ1) is 29.9.